The summed E-state index contributed by atoms with van der Waals surface area (Å²) >= 11 is 11.8. The summed E-state index contributed by atoms with van der Waals surface area (Å²) in [5, 5.41) is 1.28. The van der Waals surface area contributed by atoms with Gasteiger partial charge in [-0.2, -0.15) is 13.2 Å². The van der Waals surface area contributed by atoms with Crippen LogP contribution in [-0.4, -0.2) is 5.91 Å². The van der Waals surface area contributed by atoms with Crippen molar-refractivity contribution in [3.8, 4) is 0 Å². The van der Waals surface area contributed by atoms with Gasteiger partial charge in [0.1, 0.15) is 5.38 Å². The van der Waals surface area contributed by atoms with E-state index in [1.807, 2.05) is 0 Å². The van der Waals surface area contributed by atoms with Gasteiger partial charge in [-0.25, -0.2) is 0 Å². The number of nitrogens with one attached hydrogen (secondary N) is 1. The number of benzene rings is 2. The fraction of sp³-hybridized carbons (Fsp3) is 0.133. The Kier molecular flexibility index (Phi) is 4.98. The second-order valence-electron chi connectivity index (χ2n) is 4.45. The lowest BCUT2D eigenvalue weighted by Gasteiger charge is -2.14. The maximum absolute atomic E-state index is 12.7. The molecule has 1 N–H and O–H groups in total. The molecule has 2 aromatic rings. The van der Waals surface area contributed by atoms with Gasteiger partial charge in [-0.3, -0.25) is 4.79 Å². The Hall–Kier alpha value is -1.72. The molecule has 0 saturated heterocycles. The highest BCUT2D eigenvalue weighted by Crippen LogP contribution is 2.34. The maximum atomic E-state index is 12.7. The summed E-state index contributed by atoms with van der Waals surface area (Å²) < 4.78 is 38.0. The minimum absolute atomic E-state index is 0.00159. The molecule has 0 saturated carbocycles. The maximum Gasteiger partial charge on any atom is 0.416 e. The molecule has 0 heterocycles. The molecule has 22 heavy (non-hydrogen) atoms. The Morgan fingerprint density at radius 2 is 1.73 bits per heavy atom. The fourth-order valence-electron chi connectivity index (χ4n) is 1.77. The first-order valence-corrected chi connectivity index (χ1v) is 6.97. The highest BCUT2D eigenvalue weighted by molar-refractivity contribution is 6.35. The van der Waals surface area contributed by atoms with Crippen molar-refractivity contribution >= 4 is 34.8 Å². The monoisotopic (exact) mass is 347 g/mol. The predicted octanol–water partition coefficient (Wildman–Crippen LogP) is 5.28. The third-order valence-electron chi connectivity index (χ3n) is 2.87. The van der Waals surface area contributed by atoms with Crippen molar-refractivity contribution in [1.82, 2.24) is 0 Å². The van der Waals surface area contributed by atoms with Crippen molar-refractivity contribution in [2.75, 3.05) is 5.32 Å². The van der Waals surface area contributed by atoms with Crippen LogP contribution in [0.3, 0.4) is 0 Å². The Bertz CT molecular complexity index is 674. The van der Waals surface area contributed by atoms with E-state index in [-0.39, 0.29) is 10.7 Å². The lowest BCUT2D eigenvalue weighted by Crippen LogP contribution is -2.18. The van der Waals surface area contributed by atoms with Crippen LogP contribution in [0.2, 0.25) is 5.02 Å². The van der Waals surface area contributed by atoms with Gasteiger partial charge in [-0.15, -0.1) is 11.6 Å². The Morgan fingerprint density at radius 3 is 2.32 bits per heavy atom. The predicted molar refractivity (Wildman–Crippen MR) is 80.1 cm³/mol. The SMILES string of the molecule is O=C(Nc1cc(C(F)(F)F)ccc1Cl)[C@@H](Cl)c1ccccc1. The highest BCUT2D eigenvalue weighted by Gasteiger charge is 2.31. The third-order valence-corrected chi connectivity index (χ3v) is 3.65. The lowest BCUT2D eigenvalue weighted by atomic mass is 10.1. The number of amides is 1. The minimum atomic E-state index is -4.52. The van der Waals surface area contributed by atoms with Gasteiger partial charge < -0.3 is 5.32 Å². The number of carbonyl (C=O) groups is 1. The minimum Gasteiger partial charge on any atom is -0.323 e. The average Bonchev–Trinajstić information content (AvgIpc) is 2.48. The summed E-state index contributed by atoms with van der Waals surface area (Å²) in [6, 6.07) is 11.1. The number of alkyl halides is 4. The molecule has 0 aliphatic rings. The van der Waals surface area contributed by atoms with Crippen molar-refractivity contribution in [3.05, 3.63) is 64.7 Å². The molecule has 2 rings (SSSR count). The summed E-state index contributed by atoms with van der Waals surface area (Å²) in [5.74, 6) is -0.658. The first-order chi connectivity index (χ1) is 10.3. The first-order valence-electron chi connectivity index (χ1n) is 6.15. The van der Waals surface area contributed by atoms with Crippen molar-refractivity contribution < 1.29 is 18.0 Å². The molecule has 0 aliphatic heterocycles. The Balaban J connectivity index is 2.21. The number of carbonyl (C=O) groups excluding carboxylic acids is 1. The average molecular weight is 348 g/mol. The molecule has 0 fully saturated rings. The molecule has 0 radical (unpaired) electrons. The molecule has 0 spiro atoms. The molecule has 0 aliphatic carbocycles. The van der Waals surface area contributed by atoms with Crippen LogP contribution in [0.1, 0.15) is 16.5 Å². The van der Waals surface area contributed by atoms with Crippen LogP contribution < -0.4 is 5.32 Å². The zero-order valence-electron chi connectivity index (χ0n) is 11.0. The molecule has 0 bridgehead atoms. The van der Waals surface area contributed by atoms with Crippen LogP contribution in [0.5, 0.6) is 0 Å². The smallest absolute Gasteiger partial charge is 0.323 e. The molecule has 7 heteroatoms. The molecule has 0 unspecified atom stereocenters. The van der Waals surface area contributed by atoms with Crippen LogP contribution in [0.25, 0.3) is 0 Å². The lowest BCUT2D eigenvalue weighted by molar-refractivity contribution is -0.137. The molecular weight excluding hydrogens is 338 g/mol. The molecular formula is C15H10Cl2F3NO. The first kappa shape index (κ1) is 16.6. The van der Waals surface area contributed by atoms with Gasteiger partial charge in [0.15, 0.2) is 0 Å². The number of anilines is 1. The van der Waals surface area contributed by atoms with Gasteiger partial charge in [0.25, 0.3) is 0 Å². The normalized spacial score (nSPS) is 12.8. The summed E-state index contributed by atoms with van der Waals surface area (Å²) in [6.07, 6.45) is -4.52. The van der Waals surface area contributed by atoms with Gasteiger partial charge >= 0.3 is 6.18 Å². The van der Waals surface area contributed by atoms with Crippen molar-refractivity contribution in [3.63, 3.8) is 0 Å². The third kappa shape index (κ3) is 3.93. The van der Waals surface area contributed by atoms with Gasteiger partial charge in [-0.05, 0) is 23.8 Å². The number of rotatable bonds is 3. The summed E-state index contributed by atoms with van der Waals surface area (Å²) in [7, 11) is 0. The van der Waals surface area contributed by atoms with Crippen LogP contribution in [0, 0.1) is 0 Å². The molecule has 1 amide bonds. The van der Waals surface area contributed by atoms with E-state index in [4.69, 9.17) is 23.2 Å². The van der Waals surface area contributed by atoms with Gasteiger partial charge in [0.05, 0.1) is 16.3 Å². The van der Waals surface area contributed by atoms with E-state index in [2.05, 4.69) is 5.32 Å². The summed E-state index contributed by atoms with van der Waals surface area (Å²) in [4.78, 5) is 12.0. The zero-order valence-corrected chi connectivity index (χ0v) is 12.5. The Morgan fingerprint density at radius 1 is 1.09 bits per heavy atom. The van der Waals surface area contributed by atoms with E-state index in [9.17, 15) is 18.0 Å². The molecule has 0 aromatic heterocycles. The fourth-order valence-corrected chi connectivity index (χ4v) is 2.13. The van der Waals surface area contributed by atoms with Crippen LogP contribution >= 0.6 is 23.2 Å². The van der Waals surface area contributed by atoms with Crippen LogP contribution in [0.4, 0.5) is 18.9 Å². The van der Waals surface area contributed by atoms with E-state index in [0.29, 0.717) is 5.56 Å². The number of halogens is 5. The zero-order chi connectivity index (χ0) is 16.3. The van der Waals surface area contributed by atoms with E-state index in [1.54, 1.807) is 30.3 Å². The molecule has 2 aromatic carbocycles. The van der Waals surface area contributed by atoms with Gasteiger partial charge in [0, 0.05) is 0 Å². The van der Waals surface area contributed by atoms with Crippen molar-refractivity contribution in [2.24, 2.45) is 0 Å². The van der Waals surface area contributed by atoms with Crippen LogP contribution in [0.15, 0.2) is 48.5 Å². The van der Waals surface area contributed by atoms with E-state index < -0.39 is 23.0 Å². The number of hydrogen-bond donors (Lipinski definition) is 1. The van der Waals surface area contributed by atoms with Gasteiger partial charge in [0.2, 0.25) is 5.91 Å². The van der Waals surface area contributed by atoms with Crippen LogP contribution in [-0.2, 0) is 11.0 Å². The topological polar surface area (TPSA) is 29.1 Å². The van der Waals surface area contributed by atoms with Crippen molar-refractivity contribution in [2.45, 2.75) is 11.6 Å². The molecule has 1 atom stereocenters. The quantitative estimate of drug-likeness (QED) is 0.752. The van der Waals surface area contributed by atoms with Crippen molar-refractivity contribution in [1.29, 1.82) is 0 Å². The Labute approximate surface area is 134 Å². The van der Waals surface area contributed by atoms with E-state index >= 15 is 0 Å². The summed E-state index contributed by atoms with van der Waals surface area (Å²) in [6.45, 7) is 0. The largest absolute Gasteiger partial charge is 0.416 e. The van der Waals surface area contributed by atoms with E-state index in [1.165, 1.54) is 0 Å². The second kappa shape index (κ2) is 6.58. The molecule has 2 nitrogen and oxygen atoms in total. The summed E-state index contributed by atoms with van der Waals surface area (Å²) in [5.41, 5.74) is -0.508. The standard InChI is InChI=1S/C15H10Cl2F3NO/c16-11-7-6-10(15(18,19)20)8-12(11)21-14(22)13(17)9-4-2-1-3-5-9/h1-8,13H,(H,21,22)/t13-/m0/s1. The second-order valence-corrected chi connectivity index (χ2v) is 5.30. The molecule has 116 valence electrons. The van der Waals surface area contributed by atoms with E-state index in [0.717, 1.165) is 18.2 Å². The van der Waals surface area contributed by atoms with Gasteiger partial charge in [-0.1, -0.05) is 41.9 Å². The highest BCUT2D eigenvalue weighted by atomic mass is 35.5. The number of hydrogen-bond acceptors (Lipinski definition) is 1.